The Balaban J connectivity index is 2.12. The number of benzene rings is 2. The average Bonchev–Trinajstić information content (AvgIpc) is 2.86. The second-order valence-electron chi connectivity index (χ2n) is 6.89. The molecule has 1 aliphatic rings. The zero-order valence-corrected chi connectivity index (χ0v) is 18.6. The van der Waals surface area contributed by atoms with Crippen LogP contribution in [-0.4, -0.2) is 36.4 Å². The number of esters is 1. The maximum atomic E-state index is 13.2. The van der Waals surface area contributed by atoms with Gasteiger partial charge in [-0.25, -0.2) is 14.7 Å². The Bertz CT molecular complexity index is 1040. The summed E-state index contributed by atoms with van der Waals surface area (Å²) in [4.78, 5) is 31.6. The number of hydroxylamine groups is 2. The number of carbonyl (C=O) groups excluding carboxylic acids is 2. The fourth-order valence-electron chi connectivity index (χ4n) is 3.06. The molecular formula is C21H18Cl3NO5. The van der Waals surface area contributed by atoms with Crippen LogP contribution in [0.3, 0.4) is 0 Å². The molecule has 0 saturated heterocycles. The van der Waals surface area contributed by atoms with Gasteiger partial charge in [0.2, 0.25) is 0 Å². The van der Waals surface area contributed by atoms with Crippen LogP contribution in [0.25, 0.3) is 5.57 Å². The quantitative estimate of drug-likeness (QED) is 0.419. The van der Waals surface area contributed by atoms with Crippen molar-refractivity contribution in [3.05, 3.63) is 74.4 Å². The van der Waals surface area contributed by atoms with E-state index in [4.69, 9.17) is 49.1 Å². The van der Waals surface area contributed by atoms with Crippen molar-refractivity contribution in [3.63, 3.8) is 0 Å². The second kappa shape index (κ2) is 8.96. The zero-order valence-electron chi connectivity index (χ0n) is 16.4. The molecule has 0 bridgehead atoms. The standard InChI is InChI=1S/C21H18Cl3NO5/c1-21(2)18(30-20(27)14-6-4-5-7-15(14)23)17(19(26)25(21)29-11-28-3)13-9-8-12(22)10-16(13)24/h4-10H,11H2,1-3H3. The molecule has 0 spiro atoms. The Labute approximate surface area is 188 Å². The van der Waals surface area contributed by atoms with Crippen LogP contribution in [0.5, 0.6) is 0 Å². The van der Waals surface area contributed by atoms with Gasteiger partial charge in [-0.3, -0.25) is 4.79 Å². The first-order valence-corrected chi connectivity index (χ1v) is 9.95. The maximum Gasteiger partial charge on any atom is 0.344 e. The number of nitrogens with zero attached hydrogens (tertiary/aromatic N) is 1. The van der Waals surface area contributed by atoms with Crippen molar-refractivity contribution in [1.82, 2.24) is 5.06 Å². The fourth-order valence-corrected chi connectivity index (χ4v) is 3.77. The van der Waals surface area contributed by atoms with Gasteiger partial charge in [-0.2, -0.15) is 0 Å². The van der Waals surface area contributed by atoms with Gasteiger partial charge in [0.15, 0.2) is 6.79 Å². The monoisotopic (exact) mass is 469 g/mol. The van der Waals surface area contributed by atoms with Gasteiger partial charge in [-0.1, -0.05) is 53.0 Å². The third-order valence-corrected chi connectivity index (χ3v) is 5.35. The lowest BCUT2D eigenvalue weighted by molar-refractivity contribution is -0.238. The van der Waals surface area contributed by atoms with Crippen molar-refractivity contribution in [2.24, 2.45) is 0 Å². The van der Waals surface area contributed by atoms with Crippen LogP contribution in [0, 0.1) is 0 Å². The summed E-state index contributed by atoms with van der Waals surface area (Å²) < 4.78 is 10.6. The van der Waals surface area contributed by atoms with E-state index in [1.807, 2.05) is 0 Å². The van der Waals surface area contributed by atoms with Crippen LogP contribution >= 0.6 is 34.8 Å². The molecule has 9 heteroatoms. The van der Waals surface area contributed by atoms with Gasteiger partial charge in [-0.05, 0) is 38.1 Å². The Morgan fingerprint density at radius 1 is 1.07 bits per heavy atom. The van der Waals surface area contributed by atoms with Gasteiger partial charge in [0.1, 0.15) is 11.3 Å². The molecule has 0 aromatic heterocycles. The zero-order chi connectivity index (χ0) is 22.1. The number of carbonyl (C=O) groups is 2. The van der Waals surface area contributed by atoms with Gasteiger partial charge < -0.3 is 9.47 Å². The first kappa shape index (κ1) is 22.6. The van der Waals surface area contributed by atoms with Gasteiger partial charge in [0, 0.05) is 17.7 Å². The number of halogens is 3. The Morgan fingerprint density at radius 2 is 1.77 bits per heavy atom. The highest BCUT2D eigenvalue weighted by atomic mass is 35.5. The second-order valence-corrected chi connectivity index (χ2v) is 8.14. The minimum absolute atomic E-state index is 0.0674. The van der Waals surface area contributed by atoms with E-state index in [1.165, 1.54) is 19.2 Å². The lowest BCUT2D eigenvalue weighted by Crippen LogP contribution is -2.44. The van der Waals surface area contributed by atoms with Gasteiger partial charge in [0.25, 0.3) is 5.91 Å². The Morgan fingerprint density at radius 3 is 2.40 bits per heavy atom. The summed E-state index contributed by atoms with van der Waals surface area (Å²) in [7, 11) is 1.43. The van der Waals surface area contributed by atoms with Crippen molar-refractivity contribution in [2.75, 3.05) is 13.9 Å². The SMILES string of the molecule is COCON1C(=O)C(c2ccc(Cl)cc2Cl)=C(OC(=O)c2ccccc2Cl)C1(C)C. The lowest BCUT2D eigenvalue weighted by atomic mass is 9.99. The van der Waals surface area contributed by atoms with E-state index in [0.29, 0.717) is 10.6 Å². The fraction of sp³-hybridized carbons (Fsp3) is 0.238. The summed E-state index contributed by atoms with van der Waals surface area (Å²) in [5.41, 5.74) is -0.555. The maximum absolute atomic E-state index is 13.2. The van der Waals surface area contributed by atoms with E-state index in [2.05, 4.69) is 0 Å². The molecule has 1 amide bonds. The van der Waals surface area contributed by atoms with Gasteiger partial charge >= 0.3 is 5.97 Å². The molecule has 0 fully saturated rings. The first-order chi connectivity index (χ1) is 14.2. The van der Waals surface area contributed by atoms with Crippen LogP contribution in [0.1, 0.15) is 29.8 Å². The van der Waals surface area contributed by atoms with E-state index in [9.17, 15) is 9.59 Å². The van der Waals surface area contributed by atoms with Crippen molar-refractivity contribution >= 4 is 52.3 Å². The molecule has 1 heterocycles. The predicted octanol–water partition coefficient (Wildman–Crippen LogP) is 5.37. The molecule has 0 aliphatic carbocycles. The smallest absolute Gasteiger partial charge is 0.344 e. The summed E-state index contributed by atoms with van der Waals surface area (Å²) in [5.74, 6) is -1.19. The molecule has 2 aromatic rings. The van der Waals surface area contributed by atoms with Gasteiger partial charge in [-0.15, -0.1) is 0 Å². The largest absolute Gasteiger partial charge is 0.424 e. The first-order valence-electron chi connectivity index (χ1n) is 8.81. The van der Waals surface area contributed by atoms with Gasteiger partial charge in [0.05, 0.1) is 21.2 Å². The highest BCUT2D eigenvalue weighted by Crippen LogP contribution is 2.43. The number of hydrogen-bond donors (Lipinski definition) is 0. The lowest BCUT2D eigenvalue weighted by Gasteiger charge is -2.31. The van der Waals surface area contributed by atoms with Crippen molar-refractivity contribution in [1.29, 1.82) is 0 Å². The number of amides is 1. The van der Waals surface area contributed by atoms with E-state index < -0.39 is 17.4 Å². The third kappa shape index (κ3) is 4.19. The van der Waals surface area contributed by atoms with Crippen molar-refractivity contribution in [2.45, 2.75) is 19.4 Å². The van der Waals surface area contributed by atoms with E-state index >= 15 is 0 Å². The molecule has 158 valence electrons. The number of methoxy groups -OCH3 is 1. The molecule has 1 aliphatic heterocycles. The minimum Gasteiger partial charge on any atom is -0.424 e. The van der Waals surface area contributed by atoms with Crippen LogP contribution < -0.4 is 0 Å². The molecule has 0 saturated carbocycles. The van der Waals surface area contributed by atoms with E-state index in [-0.39, 0.29) is 33.7 Å². The van der Waals surface area contributed by atoms with Crippen LogP contribution in [-0.2, 0) is 19.1 Å². The van der Waals surface area contributed by atoms with Crippen LogP contribution in [0.15, 0.2) is 48.2 Å². The normalized spacial score (nSPS) is 15.7. The van der Waals surface area contributed by atoms with Crippen LogP contribution in [0.4, 0.5) is 0 Å². The molecule has 2 aromatic carbocycles. The summed E-state index contributed by atoms with van der Waals surface area (Å²) in [5, 5.41) is 1.94. The van der Waals surface area contributed by atoms with Crippen molar-refractivity contribution in [3.8, 4) is 0 Å². The number of rotatable bonds is 6. The molecule has 3 rings (SSSR count). The van der Waals surface area contributed by atoms with Crippen molar-refractivity contribution < 1.29 is 23.9 Å². The third-order valence-electron chi connectivity index (χ3n) is 4.48. The van der Waals surface area contributed by atoms with Crippen LogP contribution in [0.2, 0.25) is 15.1 Å². The van der Waals surface area contributed by atoms with E-state index in [1.54, 1.807) is 44.2 Å². The highest BCUT2D eigenvalue weighted by Gasteiger charge is 2.50. The molecule has 0 radical (unpaired) electrons. The summed E-state index contributed by atoms with van der Waals surface area (Å²) in [6, 6.07) is 11.1. The Hall–Kier alpha value is -2.09. The molecular weight excluding hydrogens is 453 g/mol. The number of ether oxygens (including phenoxy) is 2. The summed E-state index contributed by atoms with van der Waals surface area (Å²) in [6.07, 6.45) is 0. The molecule has 0 N–H and O–H groups in total. The molecule has 6 nitrogen and oxygen atoms in total. The average molecular weight is 471 g/mol. The molecule has 30 heavy (non-hydrogen) atoms. The number of hydrogen-bond acceptors (Lipinski definition) is 5. The Kier molecular flexibility index (Phi) is 6.75. The van der Waals surface area contributed by atoms with E-state index in [0.717, 1.165) is 5.06 Å². The minimum atomic E-state index is -1.15. The molecule has 0 atom stereocenters. The predicted molar refractivity (Wildman–Crippen MR) is 114 cm³/mol. The summed E-state index contributed by atoms with van der Waals surface area (Å²) in [6.45, 7) is 3.17. The highest BCUT2D eigenvalue weighted by molar-refractivity contribution is 6.38. The topological polar surface area (TPSA) is 65.1 Å². The summed E-state index contributed by atoms with van der Waals surface area (Å²) >= 11 is 18.5. The molecule has 0 unspecified atom stereocenters.